The number of rotatable bonds is 5. The summed E-state index contributed by atoms with van der Waals surface area (Å²) in [6.07, 6.45) is 1.51. The molecule has 0 fully saturated rings. The highest BCUT2D eigenvalue weighted by atomic mass is 32.1. The summed E-state index contributed by atoms with van der Waals surface area (Å²) in [6, 6.07) is 6.20. The topological polar surface area (TPSA) is 47.0 Å². The van der Waals surface area contributed by atoms with Gasteiger partial charge in [-0.05, 0) is 25.3 Å². The molecule has 2 rings (SSSR count). The fourth-order valence-corrected chi connectivity index (χ4v) is 2.21. The summed E-state index contributed by atoms with van der Waals surface area (Å²) < 4.78 is 5.33. The Bertz CT molecular complexity index is 459. The van der Waals surface area contributed by atoms with Crippen molar-refractivity contribution in [1.29, 1.82) is 0 Å². The summed E-state index contributed by atoms with van der Waals surface area (Å²) in [6.45, 7) is 4.65. The summed E-state index contributed by atoms with van der Waals surface area (Å²) in [7, 11) is 0. The molecule has 0 aromatic carbocycles. The molecule has 1 unspecified atom stereocenters. The Labute approximate surface area is 105 Å². The summed E-state index contributed by atoms with van der Waals surface area (Å²) in [4.78, 5) is 9.48. The number of nitrogens with one attached hydrogen (secondary N) is 1. The van der Waals surface area contributed by atoms with Crippen molar-refractivity contribution in [2.45, 2.75) is 19.9 Å². The molecule has 4 nitrogen and oxygen atoms in total. The lowest BCUT2D eigenvalue weighted by atomic mass is 10.3. The van der Waals surface area contributed by atoms with E-state index in [0.717, 1.165) is 5.82 Å². The normalized spacial score (nSPS) is 12.1. The van der Waals surface area contributed by atoms with Gasteiger partial charge in [-0.2, -0.15) is 0 Å². The van der Waals surface area contributed by atoms with Gasteiger partial charge in [0.25, 0.3) is 0 Å². The number of anilines is 1. The van der Waals surface area contributed by atoms with Gasteiger partial charge in [0.05, 0.1) is 12.6 Å². The lowest BCUT2D eigenvalue weighted by molar-refractivity contribution is 0.326. The van der Waals surface area contributed by atoms with E-state index >= 15 is 0 Å². The third kappa shape index (κ3) is 3.17. The van der Waals surface area contributed by atoms with Crippen LogP contribution in [0.3, 0.4) is 0 Å². The average molecular weight is 249 g/mol. The molecule has 17 heavy (non-hydrogen) atoms. The van der Waals surface area contributed by atoms with E-state index in [1.807, 2.05) is 19.1 Å². The first-order valence-corrected chi connectivity index (χ1v) is 6.42. The van der Waals surface area contributed by atoms with Crippen molar-refractivity contribution in [3.63, 3.8) is 0 Å². The second kappa shape index (κ2) is 5.63. The van der Waals surface area contributed by atoms with Crippen LogP contribution in [0.25, 0.3) is 0 Å². The van der Waals surface area contributed by atoms with E-state index in [4.69, 9.17) is 4.74 Å². The Kier molecular flexibility index (Phi) is 3.93. The molecule has 5 heteroatoms. The molecule has 0 radical (unpaired) electrons. The van der Waals surface area contributed by atoms with Gasteiger partial charge in [0.15, 0.2) is 0 Å². The molecular formula is C12H15N3OS. The van der Waals surface area contributed by atoms with E-state index in [0.29, 0.717) is 12.5 Å². The number of hydrogen-bond acceptors (Lipinski definition) is 5. The van der Waals surface area contributed by atoms with Crippen molar-refractivity contribution in [3.8, 4) is 5.88 Å². The Morgan fingerprint density at radius 3 is 3.06 bits per heavy atom. The molecule has 2 aromatic rings. The highest BCUT2D eigenvalue weighted by Crippen LogP contribution is 2.22. The number of aromatic nitrogens is 2. The standard InChI is InChI=1S/C12H15N3OS/c1-3-16-12-7-11(13-8-14-12)15-9(2)10-5-4-6-17-10/h4-9H,3H2,1-2H3,(H,13,14,15). The predicted molar refractivity (Wildman–Crippen MR) is 69.6 cm³/mol. The molecule has 2 aromatic heterocycles. The SMILES string of the molecule is CCOc1cc(NC(C)c2cccs2)ncn1. The van der Waals surface area contributed by atoms with Crippen LogP contribution in [0.4, 0.5) is 5.82 Å². The Balaban J connectivity index is 2.05. The van der Waals surface area contributed by atoms with Crippen LogP contribution in [0.1, 0.15) is 24.8 Å². The number of nitrogens with zero attached hydrogens (tertiary/aromatic N) is 2. The molecule has 0 aliphatic heterocycles. The van der Waals surface area contributed by atoms with E-state index in [1.165, 1.54) is 11.2 Å². The van der Waals surface area contributed by atoms with Gasteiger partial charge in [0, 0.05) is 10.9 Å². The van der Waals surface area contributed by atoms with Crippen LogP contribution >= 0.6 is 11.3 Å². The minimum atomic E-state index is 0.236. The first-order valence-electron chi connectivity index (χ1n) is 5.54. The number of ether oxygens (including phenoxy) is 1. The van der Waals surface area contributed by atoms with Crippen molar-refractivity contribution in [3.05, 3.63) is 34.8 Å². The molecule has 0 amide bonds. The van der Waals surface area contributed by atoms with Crippen LogP contribution in [-0.2, 0) is 0 Å². The first-order chi connectivity index (χ1) is 8.29. The van der Waals surface area contributed by atoms with E-state index in [1.54, 1.807) is 11.3 Å². The molecule has 0 bridgehead atoms. The van der Waals surface area contributed by atoms with Crippen LogP contribution in [0.15, 0.2) is 29.9 Å². The van der Waals surface area contributed by atoms with E-state index in [2.05, 4.69) is 33.7 Å². The molecule has 90 valence electrons. The van der Waals surface area contributed by atoms with E-state index < -0.39 is 0 Å². The smallest absolute Gasteiger partial charge is 0.218 e. The quantitative estimate of drug-likeness (QED) is 0.884. The molecule has 0 aliphatic carbocycles. The average Bonchev–Trinajstić information content (AvgIpc) is 2.83. The molecule has 0 spiro atoms. The molecule has 0 aliphatic rings. The van der Waals surface area contributed by atoms with Crippen molar-refractivity contribution < 1.29 is 4.74 Å². The Hall–Kier alpha value is -1.62. The second-order valence-electron chi connectivity index (χ2n) is 3.56. The fourth-order valence-electron chi connectivity index (χ4n) is 1.48. The lowest BCUT2D eigenvalue weighted by Gasteiger charge is -2.13. The highest BCUT2D eigenvalue weighted by molar-refractivity contribution is 7.10. The zero-order valence-electron chi connectivity index (χ0n) is 9.88. The second-order valence-corrected chi connectivity index (χ2v) is 4.54. The van der Waals surface area contributed by atoms with Crippen LogP contribution in [0.2, 0.25) is 0 Å². The third-order valence-corrected chi connectivity index (χ3v) is 3.32. The van der Waals surface area contributed by atoms with E-state index in [9.17, 15) is 0 Å². The zero-order chi connectivity index (χ0) is 12.1. The van der Waals surface area contributed by atoms with Gasteiger partial charge < -0.3 is 10.1 Å². The van der Waals surface area contributed by atoms with Gasteiger partial charge >= 0.3 is 0 Å². The molecule has 0 saturated carbocycles. The summed E-state index contributed by atoms with van der Waals surface area (Å²) >= 11 is 1.73. The maximum atomic E-state index is 5.33. The minimum absolute atomic E-state index is 0.236. The van der Waals surface area contributed by atoms with Crippen LogP contribution < -0.4 is 10.1 Å². The molecular weight excluding hydrogens is 234 g/mol. The van der Waals surface area contributed by atoms with Gasteiger partial charge in [-0.1, -0.05) is 6.07 Å². The maximum absolute atomic E-state index is 5.33. The minimum Gasteiger partial charge on any atom is -0.478 e. The Morgan fingerprint density at radius 2 is 2.35 bits per heavy atom. The largest absolute Gasteiger partial charge is 0.478 e. The van der Waals surface area contributed by atoms with Crippen molar-refractivity contribution in [1.82, 2.24) is 9.97 Å². The summed E-state index contributed by atoms with van der Waals surface area (Å²) in [5.74, 6) is 1.38. The monoisotopic (exact) mass is 249 g/mol. The summed E-state index contributed by atoms with van der Waals surface area (Å²) in [5.41, 5.74) is 0. The van der Waals surface area contributed by atoms with Crippen molar-refractivity contribution in [2.75, 3.05) is 11.9 Å². The third-order valence-electron chi connectivity index (χ3n) is 2.27. The highest BCUT2D eigenvalue weighted by Gasteiger charge is 2.07. The predicted octanol–water partition coefficient (Wildman–Crippen LogP) is 3.11. The lowest BCUT2D eigenvalue weighted by Crippen LogP contribution is -2.07. The molecule has 1 N–H and O–H groups in total. The fraction of sp³-hybridized carbons (Fsp3) is 0.333. The van der Waals surface area contributed by atoms with Gasteiger partial charge in [-0.3, -0.25) is 0 Å². The van der Waals surface area contributed by atoms with Crippen LogP contribution in [0.5, 0.6) is 5.88 Å². The van der Waals surface area contributed by atoms with Gasteiger partial charge in [-0.25, -0.2) is 9.97 Å². The molecule has 2 heterocycles. The molecule has 1 atom stereocenters. The first kappa shape index (κ1) is 11.9. The molecule has 0 saturated heterocycles. The van der Waals surface area contributed by atoms with Gasteiger partial charge in [-0.15, -0.1) is 11.3 Å². The Morgan fingerprint density at radius 1 is 1.47 bits per heavy atom. The van der Waals surface area contributed by atoms with E-state index in [-0.39, 0.29) is 6.04 Å². The van der Waals surface area contributed by atoms with Gasteiger partial charge in [0.2, 0.25) is 5.88 Å². The van der Waals surface area contributed by atoms with Crippen LogP contribution in [0, 0.1) is 0 Å². The van der Waals surface area contributed by atoms with Crippen LogP contribution in [-0.4, -0.2) is 16.6 Å². The maximum Gasteiger partial charge on any atom is 0.218 e. The number of hydrogen-bond donors (Lipinski definition) is 1. The number of thiophene rings is 1. The summed E-state index contributed by atoms with van der Waals surface area (Å²) in [5, 5.41) is 5.39. The zero-order valence-corrected chi connectivity index (χ0v) is 10.7. The van der Waals surface area contributed by atoms with Gasteiger partial charge in [0.1, 0.15) is 12.1 Å². The van der Waals surface area contributed by atoms with Crippen molar-refractivity contribution in [2.24, 2.45) is 0 Å². The van der Waals surface area contributed by atoms with Crippen molar-refractivity contribution >= 4 is 17.2 Å².